The Balaban J connectivity index is 1.78. The predicted octanol–water partition coefficient (Wildman–Crippen LogP) is 9.70. The minimum absolute atomic E-state index is 0.0757. The standard InChI is InChI=1S/C36H52O2/c1-23(2)11-9-13-25(5)15-19-29-27(7)17-21-31-32-22-18-28(8)30(34(32)36(38)35(37)33(29)31)20-16-26(6)14-10-12-24(3)4/h11-12,15-18,29-34H,9-10,13-14,19-22H2,1-8H3/b25-15+,26-16+. The summed E-state index contributed by atoms with van der Waals surface area (Å²) < 4.78 is 0. The molecule has 0 bridgehead atoms. The van der Waals surface area contributed by atoms with Crippen LogP contribution in [0, 0.1) is 35.5 Å². The molecule has 0 aromatic carbocycles. The van der Waals surface area contributed by atoms with Gasteiger partial charge < -0.3 is 0 Å². The van der Waals surface area contributed by atoms with Gasteiger partial charge in [-0.3, -0.25) is 9.59 Å². The summed E-state index contributed by atoms with van der Waals surface area (Å²) in [7, 11) is 0. The Hall–Kier alpha value is -2.22. The van der Waals surface area contributed by atoms with Crippen LogP contribution in [0.2, 0.25) is 0 Å². The van der Waals surface area contributed by atoms with Gasteiger partial charge in [-0.15, -0.1) is 0 Å². The summed E-state index contributed by atoms with van der Waals surface area (Å²) in [5.41, 5.74) is 8.08. The molecule has 0 amide bonds. The third-order valence-corrected chi connectivity index (χ3v) is 9.40. The van der Waals surface area contributed by atoms with Crippen LogP contribution < -0.4 is 0 Å². The lowest BCUT2D eigenvalue weighted by atomic mass is 9.52. The lowest BCUT2D eigenvalue weighted by Crippen LogP contribution is -2.54. The average molecular weight is 517 g/mol. The number of ketones is 2. The van der Waals surface area contributed by atoms with Crippen LogP contribution in [0.15, 0.2) is 69.9 Å². The van der Waals surface area contributed by atoms with E-state index in [1.807, 2.05) is 0 Å². The van der Waals surface area contributed by atoms with Gasteiger partial charge in [-0.05, 0) is 130 Å². The van der Waals surface area contributed by atoms with Crippen molar-refractivity contribution in [3.8, 4) is 0 Å². The summed E-state index contributed by atoms with van der Waals surface area (Å²) >= 11 is 0. The first-order chi connectivity index (χ1) is 18.0. The van der Waals surface area contributed by atoms with Gasteiger partial charge in [0, 0.05) is 11.8 Å². The van der Waals surface area contributed by atoms with Crippen LogP contribution in [0.5, 0.6) is 0 Å². The fourth-order valence-electron chi connectivity index (χ4n) is 7.07. The number of fused-ring (bicyclic) bond motifs is 3. The fraction of sp³-hybridized carbons (Fsp3) is 0.611. The maximum absolute atomic E-state index is 13.8. The normalized spacial score (nSPS) is 29.7. The lowest BCUT2D eigenvalue weighted by molar-refractivity contribution is -0.152. The van der Waals surface area contributed by atoms with Crippen molar-refractivity contribution in [3.05, 3.63) is 69.9 Å². The summed E-state index contributed by atoms with van der Waals surface area (Å²) in [6.07, 6.45) is 21.9. The molecule has 2 nitrogen and oxygen atoms in total. The van der Waals surface area contributed by atoms with Crippen molar-refractivity contribution in [2.24, 2.45) is 35.5 Å². The first-order valence-corrected chi connectivity index (χ1v) is 15.0. The number of Topliss-reactive ketones (excluding diaryl/α,β-unsaturated/α-hetero) is 2. The molecule has 38 heavy (non-hydrogen) atoms. The zero-order chi connectivity index (χ0) is 28.0. The molecule has 0 N–H and O–H groups in total. The average Bonchev–Trinajstić information content (AvgIpc) is 2.85. The van der Waals surface area contributed by atoms with E-state index in [1.54, 1.807) is 0 Å². The van der Waals surface area contributed by atoms with Gasteiger partial charge in [0.15, 0.2) is 0 Å². The van der Waals surface area contributed by atoms with Gasteiger partial charge >= 0.3 is 0 Å². The van der Waals surface area contributed by atoms with Gasteiger partial charge in [0.2, 0.25) is 11.6 Å². The van der Waals surface area contributed by atoms with E-state index in [0.29, 0.717) is 0 Å². The zero-order valence-electron chi connectivity index (χ0n) is 25.4. The molecule has 0 aromatic heterocycles. The Labute approximate surface area is 233 Å². The largest absolute Gasteiger partial charge is 0.291 e. The molecule has 1 saturated carbocycles. The zero-order valence-corrected chi connectivity index (χ0v) is 25.4. The molecular weight excluding hydrogens is 464 g/mol. The molecule has 1 fully saturated rings. The van der Waals surface area contributed by atoms with E-state index in [9.17, 15) is 9.59 Å². The molecule has 0 heterocycles. The molecule has 0 radical (unpaired) electrons. The molecule has 0 spiro atoms. The van der Waals surface area contributed by atoms with E-state index in [2.05, 4.69) is 91.8 Å². The molecule has 0 aliphatic heterocycles. The lowest BCUT2D eigenvalue weighted by Gasteiger charge is -2.50. The van der Waals surface area contributed by atoms with Crippen molar-refractivity contribution in [3.63, 3.8) is 0 Å². The third kappa shape index (κ3) is 7.45. The molecule has 0 aromatic rings. The fourth-order valence-corrected chi connectivity index (χ4v) is 7.07. The van der Waals surface area contributed by atoms with Crippen LogP contribution >= 0.6 is 0 Å². The van der Waals surface area contributed by atoms with Crippen molar-refractivity contribution >= 4 is 11.6 Å². The number of hydrogen-bond acceptors (Lipinski definition) is 2. The Morgan fingerprint density at radius 3 is 1.37 bits per heavy atom. The second-order valence-corrected chi connectivity index (χ2v) is 12.9. The molecule has 3 rings (SSSR count). The van der Waals surface area contributed by atoms with E-state index in [0.717, 1.165) is 51.4 Å². The van der Waals surface area contributed by atoms with E-state index < -0.39 is 0 Å². The van der Waals surface area contributed by atoms with E-state index in [1.165, 1.54) is 33.4 Å². The van der Waals surface area contributed by atoms with Crippen LogP contribution in [0.1, 0.15) is 107 Å². The van der Waals surface area contributed by atoms with Crippen molar-refractivity contribution in [2.75, 3.05) is 0 Å². The topological polar surface area (TPSA) is 34.1 Å². The van der Waals surface area contributed by atoms with Gasteiger partial charge in [0.05, 0.1) is 0 Å². The Morgan fingerprint density at radius 1 is 0.658 bits per heavy atom. The number of rotatable bonds is 10. The van der Waals surface area contributed by atoms with Gasteiger partial charge in [0.1, 0.15) is 0 Å². The Bertz CT molecular complexity index is 979. The Kier molecular flexibility index (Phi) is 10.9. The quantitative estimate of drug-likeness (QED) is 0.214. The van der Waals surface area contributed by atoms with Gasteiger partial charge in [-0.2, -0.15) is 0 Å². The molecule has 6 atom stereocenters. The summed E-state index contributed by atoms with van der Waals surface area (Å²) in [4.78, 5) is 27.6. The third-order valence-electron chi connectivity index (χ3n) is 9.40. The van der Waals surface area contributed by atoms with Crippen LogP contribution in [0.3, 0.4) is 0 Å². The molecule has 3 aliphatic carbocycles. The number of allylic oxidation sites excluding steroid dienone is 12. The SMILES string of the molecule is CC(C)=CCC/C(C)=C/CC1C(C)=CCC2C3CC=C(C)C(C/C=C(\C)CCC=C(C)C)C3C(=O)C(=O)C12. The minimum atomic E-state index is -0.149. The van der Waals surface area contributed by atoms with Crippen LogP contribution in [0.4, 0.5) is 0 Å². The molecule has 2 heteroatoms. The molecule has 6 unspecified atom stereocenters. The highest BCUT2D eigenvalue weighted by Gasteiger charge is 2.55. The second kappa shape index (κ2) is 13.7. The molecular formula is C36H52O2. The molecule has 0 saturated heterocycles. The van der Waals surface area contributed by atoms with Crippen molar-refractivity contribution in [2.45, 2.75) is 107 Å². The highest BCUT2D eigenvalue weighted by molar-refractivity contribution is 6.39. The second-order valence-electron chi connectivity index (χ2n) is 12.9. The molecule has 3 aliphatic rings. The van der Waals surface area contributed by atoms with E-state index in [4.69, 9.17) is 0 Å². The summed E-state index contributed by atoms with van der Waals surface area (Å²) in [6, 6.07) is 0. The summed E-state index contributed by atoms with van der Waals surface area (Å²) in [5, 5.41) is 0. The number of hydrogen-bond donors (Lipinski definition) is 0. The monoisotopic (exact) mass is 516 g/mol. The maximum Gasteiger partial charge on any atom is 0.202 e. The smallest absolute Gasteiger partial charge is 0.202 e. The molecule has 208 valence electrons. The summed E-state index contributed by atoms with van der Waals surface area (Å²) in [6.45, 7) is 17.3. The number of carbonyl (C=O) groups is 2. The maximum atomic E-state index is 13.8. The van der Waals surface area contributed by atoms with Crippen molar-refractivity contribution in [1.29, 1.82) is 0 Å². The van der Waals surface area contributed by atoms with Crippen LogP contribution in [-0.4, -0.2) is 11.6 Å². The highest BCUT2D eigenvalue weighted by atomic mass is 16.2. The predicted molar refractivity (Wildman–Crippen MR) is 162 cm³/mol. The van der Waals surface area contributed by atoms with Gasteiger partial charge in [-0.1, -0.05) is 69.9 Å². The minimum Gasteiger partial charge on any atom is -0.291 e. The first kappa shape index (κ1) is 30.3. The van der Waals surface area contributed by atoms with E-state index >= 15 is 0 Å². The number of carbonyl (C=O) groups excluding carboxylic acids is 2. The van der Waals surface area contributed by atoms with Gasteiger partial charge in [0.25, 0.3) is 0 Å². The summed E-state index contributed by atoms with van der Waals surface area (Å²) in [5.74, 6) is 0.440. The first-order valence-electron chi connectivity index (χ1n) is 15.0. The van der Waals surface area contributed by atoms with Crippen molar-refractivity contribution < 1.29 is 9.59 Å². The highest BCUT2D eigenvalue weighted by Crippen LogP contribution is 2.53. The van der Waals surface area contributed by atoms with Crippen LogP contribution in [0.25, 0.3) is 0 Å². The van der Waals surface area contributed by atoms with E-state index in [-0.39, 0.29) is 47.1 Å². The Morgan fingerprint density at radius 2 is 1.03 bits per heavy atom. The van der Waals surface area contributed by atoms with Crippen molar-refractivity contribution in [1.82, 2.24) is 0 Å². The van der Waals surface area contributed by atoms with Crippen LogP contribution in [-0.2, 0) is 9.59 Å². The van der Waals surface area contributed by atoms with Gasteiger partial charge in [-0.25, -0.2) is 0 Å².